The molecule has 12 nitrogen and oxygen atoms in total. The van der Waals surface area contributed by atoms with Gasteiger partial charge in [0.15, 0.2) is 11.7 Å². The van der Waals surface area contributed by atoms with Gasteiger partial charge in [-0.15, -0.1) is 0 Å². The number of nitrogens with zero attached hydrogens (tertiary/aromatic N) is 1. The van der Waals surface area contributed by atoms with Crippen LogP contribution >= 0.6 is 11.6 Å². The molecule has 0 saturated carbocycles. The lowest BCUT2D eigenvalue weighted by molar-refractivity contribution is -0.133. The first kappa shape index (κ1) is 36.2. The van der Waals surface area contributed by atoms with Gasteiger partial charge in [0.05, 0.1) is 12.1 Å². The minimum atomic E-state index is -0.949. The van der Waals surface area contributed by atoms with E-state index >= 15 is 0 Å². The summed E-state index contributed by atoms with van der Waals surface area (Å²) in [6.45, 7) is 0.689. The van der Waals surface area contributed by atoms with Crippen LogP contribution in [0.25, 0.3) is 0 Å². The van der Waals surface area contributed by atoms with E-state index < -0.39 is 41.8 Å². The van der Waals surface area contributed by atoms with Crippen LogP contribution in [0.1, 0.15) is 49.7 Å². The predicted molar refractivity (Wildman–Crippen MR) is 172 cm³/mol. The number of unbranched alkanes of at least 4 members (excludes halogenated alkanes) is 1. The lowest BCUT2D eigenvalue weighted by Crippen LogP contribution is -2.51. The topological polar surface area (TPSA) is 235 Å². The lowest BCUT2D eigenvalue weighted by Gasteiger charge is -2.24. The molecule has 2 aromatic carbocycles. The summed E-state index contributed by atoms with van der Waals surface area (Å²) in [5.74, 6) is -3.00. The van der Waals surface area contributed by atoms with Crippen molar-refractivity contribution in [1.82, 2.24) is 10.6 Å². The van der Waals surface area contributed by atoms with Crippen LogP contribution in [-0.2, 0) is 32.0 Å². The van der Waals surface area contributed by atoms with Gasteiger partial charge < -0.3 is 39.3 Å². The van der Waals surface area contributed by atoms with Crippen LogP contribution < -0.4 is 39.3 Å². The van der Waals surface area contributed by atoms with Crippen molar-refractivity contribution in [2.45, 2.75) is 69.5 Å². The van der Waals surface area contributed by atoms with E-state index in [0.717, 1.165) is 11.1 Å². The van der Waals surface area contributed by atoms with Crippen LogP contribution in [0.2, 0.25) is 5.02 Å². The molecule has 240 valence electrons. The highest BCUT2D eigenvalue weighted by molar-refractivity contribution is 6.30. The van der Waals surface area contributed by atoms with E-state index in [1.165, 1.54) is 0 Å². The van der Waals surface area contributed by atoms with Gasteiger partial charge >= 0.3 is 0 Å². The van der Waals surface area contributed by atoms with Crippen molar-refractivity contribution < 1.29 is 19.2 Å². The molecule has 3 amide bonds. The van der Waals surface area contributed by atoms with Gasteiger partial charge in [-0.25, -0.2) is 0 Å². The van der Waals surface area contributed by atoms with E-state index in [9.17, 15) is 19.2 Å². The Bertz CT molecular complexity index is 1240. The van der Waals surface area contributed by atoms with Crippen LogP contribution in [0.5, 0.6) is 0 Å². The number of primary amides is 1. The zero-order valence-electron chi connectivity index (χ0n) is 24.9. The Kier molecular flexibility index (Phi) is 15.9. The van der Waals surface area contributed by atoms with E-state index in [1.54, 1.807) is 24.3 Å². The summed E-state index contributed by atoms with van der Waals surface area (Å²) in [5.41, 5.74) is 29.8. The molecule has 2 rings (SSSR count). The third-order valence-electron chi connectivity index (χ3n) is 7.11. The zero-order chi connectivity index (χ0) is 32.5. The fraction of sp³-hybridized carbons (Fsp3) is 0.452. The van der Waals surface area contributed by atoms with Crippen molar-refractivity contribution in [3.63, 3.8) is 0 Å². The van der Waals surface area contributed by atoms with Gasteiger partial charge in [0, 0.05) is 23.9 Å². The van der Waals surface area contributed by atoms with Gasteiger partial charge in [-0.2, -0.15) is 0 Å². The molecule has 0 aromatic heterocycles. The van der Waals surface area contributed by atoms with E-state index in [4.69, 9.17) is 40.3 Å². The first-order valence-electron chi connectivity index (χ1n) is 14.7. The molecule has 0 spiro atoms. The highest BCUT2D eigenvalue weighted by Gasteiger charge is 2.30. The van der Waals surface area contributed by atoms with Crippen LogP contribution in [0, 0.1) is 5.92 Å². The molecule has 0 bridgehead atoms. The summed E-state index contributed by atoms with van der Waals surface area (Å²) >= 11 is 6.04. The number of hydrogen-bond acceptors (Lipinski definition) is 7. The Morgan fingerprint density at radius 3 is 2.00 bits per heavy atom. The third kappa shape index (κ3) is 13.5. The summed E-state index contributed by atoms with van der Waals surface area (Å²) in [6, 6.07) is 13.4. The number of halogens is 1. The number of nitrogens with two attached hydrogens (primary N) is 5. The van der Waals surface area contributed by atoms with E-state index in [2.05, 4.69) is 15.6 Å². The highest BCUT2D eigenvalue weighted by atomic mass is 35.5. The van der Waals surface area contributed by atoms with Crippen LogP contribution in [-0.4, -0.2) is 60.7 Å². The highest BCUT2D eigenvalue weighted by Crippen LogP contribution is 2.19. The maximum absolute atomic E-state index is 13.7. The number of hydrogen-bond donors (Lipinski definition) is 7. The predicted octanol–water partition coefficient (Wildman–Crippen LogP) is 0.665. The molecule has 13 heteroatoms. The van der Waals surface area contributed by atoms with Gasteiger partial charge in [0.25, 0.3) is 0 Å². The lowest BCUT2D eigenvalue weighted by atomic mass is 9.89. The second kappa shape index (κ2) is 19.3. The summed E-state index contributed by atoms with van der Waals surface area (Å²) in [6.07, 6.45) is 2.44. The van der Waals surface area contributed by atoms with Crippen LogP contribution in [0.3, 0.4) is 0 Å². The molecular weight excluding hydrogens is 584 g/mol. The smallest absolute Gasteiger partial charge is 0.239 e. The van der Waals surface area contributed by atoms with Crippen molar-refractivity contribution in [3.05, 3.63) is 70.7 Å². The largest absolute Gasteiger partial charge is 0.370 e. The normalized spacial score (nSPS) is 13.6. The molecule has 0 saturated heterocycles. The number of Topliss-reactive ketones (excluding diaryl/α,β-unsaturated/α-hetero) is 1. The number of aliphatic imine (C=N–C) groups is 1. The van der Waals surface area contributed by atoms with E-state index in [-0.39, 0.29) is 44.0 Å². The standard InChI is InChI=1S/C31H45ClN8O4/c32-23-13-11-21(12-14-23)17-22(29(43)40-26(28(35)42)9-4-5-15-33)19-27(41)25(10-6-16-38-31(36)37)39-30(44)24(34)18-20-7-2-1-3-8-20/h1-3,7-8,11-14,22,24-26H,4-6,9-10,15-19,33-34H2,(H2,35,42)(H,39,44)(H,40,43)(H4,36,37,38)/t22-,24+,25-,26+/m1/s1. The SMILES string of the molecule is NCCCC[C@H](NC(=O)[C@@H](CC(=O)[C@@H](CCCN=C(N)N)NC(=O)[C@@H](N)Cc1ccccc1)Cc1ccc(Cl)cc1)C(N)=O. The maximum Gasteiger partial charge on any atom is 0.239 e. The molecule has 0 fully saturated rings. The van der Waals surface area contributed by atoms with Gasteiger partial charge in [-0.05, 0) is 74.8 Å². The fourth-order valence-corrected chi connectivity index (χ4v) is 4.80. The molecule has 2 aromatic rings. The second-order valence-electron chi connectivity index (χ2n) is 10.8. The number of carbonyl (C=O) groups excluding carboxylic acids is 4. The molecule has 0 heterocycles. The third-order valence-corrected chi connectivity index (χ3v) is 7.36. The molecule has 0 aliphatic rings. The Morgan fingerprint density at radius 1 is 0.773 bits per heavy atom. The number of ketones is 1. The maximum atomic E-state index is 13.7. The van der Waals surface area contributed by atoms with Crippen LogP contribution in [0.4, 0.5) is 0 Å². The van der Waals surface area contributed by atoms with Gasteiger partial charge in [-0.3, -0.25) is 24.2 Å². The molecule has 44 heavy (non-hydrogen) atoms. The van der Waals surface area contributed by atoms with Crippen molar-refractivity contribution in [2.24, 2.45) is 39.6 Å². The molecular formula is C31H45ClN8O4. The average Bonchev–Trinajstić information content (AvgIpc) is 2.99. The molecule has 0 unspecified atom stereocenters. The molecule has 0 radical (unpaired) electrons. The Labute approximate surface area is 263 Å². The first-order chi connectivity index (χ1) is 21.0. The van der Waals surface area contributed by atoms with E-state index in [1.807, 2.05) is 30.3 Å². The second-order valence-corrected chi connectivity index (χ2v) is 11.2. The van der Waals surface area contributed by atoms with Crippen molar-refractivity contribution in [1.29, 1.82) is 0 Å². The number of nitrogens with one attached hydrogen (secondary N) is 2. The van der Waals surface area contributed by atoms with Gasteiger partial charge in [0.1, 0.15) is 6.04 Å². The number of rotatable bonds is 20. The minimum Gasteiger partial charge on any atom is -0.370 e. The summed E-state index contributed by atoms with van der Waals surface area (Å²) < 4.78 is 0. The molecule has 4 atom stereocenters. The number of benzene rings is 2. The molecule has 0 aliphatic heterocycles. The van der Waals surface area contributed by atoms with Gasteiger partial charge in [-0.1, -0.05) is 54.1 Å². The van der Waals surface area contributed by atoms with Gasteiger partial charge in [0.2, 0.25) is 17.7 Å². The quantitative estimate of drug-likeness (QED) is 0.0623. The summed E-state index contributed by atoms with van der Waals surface area (Å²) in [4.78, 5) is 56.4. The Balaban J connectivity index is 2.25. The van der Waals surface area contributed by atoms with E-state index in [0.29, 0.717) is 37.3 Å². The first-order valence-corrected chi connectivity index (χ1v) is 15.1. The fourth-order valence-electron chi connectivity index (χ4n) is 4.67. The Hall–Kier alpha value is -4.00. The Morgan fingerprint density at radius 2 is 1.39 bits per heavy atom. The van der Waals surface area contributed by atoms with Crippen LogP contribution in [0.15, 0.2) is 59.6 Å². The molecule has 12 N–H and O–H groups in total. The summed E-state index contributed by atoms with van der Waals surface area (Å²) in [7, 11) is 0. The van der Waals surface area contributed by atoms with Crippen molar-refractivity contribution >= 4 is 41.1 Å². The zero-order valence-corrected chi connectivity index (χ0v) is 25.7. The average molecular weight is 629 g/mol. The monoisotopic (exact) mass is 628 g/mol. The molecule has 0 aliphatic carbocycles. The van der Waals surface area contributed by atoms with Crippen molar-refractivity contribution in [2.75, 3.05) is 13.1 Å². The summed E-state index contributed by atoms with van der Waals surface area (Å²) in [5, 5.41) is 6.01. The van der Waals surface area contributed by atoms with Crippen molar-refractivity contribution in [3.8, 4) is 0 Å². The minimum absolute atomic E-state index is 0.0861. The number of amides is 3. The number of guanidine groups is 1. The number of carbonyl (C=O) groups is 4.